The van der Waals surface area contributed by atoms with Gasteiger partial charge in [-0.15, -0.1) is 0 Å². The average Bonchev–Trinajstić information content (AvgIpc) is 3.08. The first-order valence-electron chi connectivity index (χ1n) is 7.49. The van der Waals surface area contributed by atoms with Crippen LogP contribution in [0.25, 0.3) is 0 Å². The highest BCUT2D eigenvalue weighted by Crippen LogP contribution is 2.24. The van der Waals surface area contributed by atoms with Crippen molar-refractivity contribution in [2.75, 3.05) is 0 Å². The van der Waals surface area contributed by atoms with Crippen molar-refractivity contribution in [1.82, 2.24) is 5.32 Å². The number of halogens is 1. The van der Waals surface area contributed by atoms with E-state index in [0.717, 1.165) is 22.6 Å². The maximum Gasteiger partial charge on any atom is 0.124 e. The number of benzene rings is 2. The predicted octanol–water partition coefficient (Wildman–Crippen LogP) is 4.80. The highest BCUT2D eigenvalue weighted by Gasteiger charge is 2.06. The maximum absolute atomic E-state index is 6.11. The Balaban J connectivity index is 1.62. The molecule has 0 saturated carbocycles. The molecule has 0 radical (unpaired) electrons. The van der Waals surface area contributed by atoms with Crippen LogP contribution in [0.2, 0.25) is 5.02 Å². The summed E-state index contributed by atoms with van der Waals surface area (Å²) in [4.78, 5) is 0. The Morgan fingerprint density at radius 1 is 0.957 bits per heavy atom. The fraction of sp³-hybridized carbons (Fsp3) is 0.158. The zero-order valence-corrected chi connectivity index (χ0v) is 13.4. The van der Waals surface area contributed by atoms with E-state index in [-0.39, 0.29) is 0 Å². The first-order chi connectivity index (χ1) is 11.3. The molecule has 0 atom stereocenters. The summed E-state index contributed by atoms with van der Waals surface area (Å²) in [6.07, 6.45) is 1.67. The lowest BCUT2D eigenvalue weighted by Gasteiger charge is -2.12. The van der Waals surface area contributed by atoms with Gasteiger partial charge in [-0.2, -0.15) is 0 Å². The second-order valence-corrected chi connectivity index (χ2v) is 5.65. The van der Waals surface area contributed by atoms with Gasteiger partial charge in [0.1, 0.15) is 18.1 Å². The van der Waals surface area contributed by atoms with Crippen LogP contribution in [-0.2, 0) is 19.7 Å². The van der Waals surface area contributed by atoms with Gasteiger partial charge in [0.25, 0.3) is 0 Å². The topological polar surface area (TPSA) is 34.4 Å². The van der Waals surface area contributed by atoms with Gasteiger partial charge in [-0.25, -0.2) is 0 Å². The number of nitrogens with one attached hydrogen (secondary N) is 1. The Hall–Kier alpha value is -2.23. The third-order valence-corrected chi connectivity index (χ3v) is 3.69. The summed E-state index contributed by atoms with van der Waals surface area (Å²) in [7, 11) is 0. The number of hydrogen-bond acceptors (Lipinski definition) is 3. The molecule has 0 amide bonds. The minimum Gasteiger partial charge on any atom is -0.489 e. The van der Waals surface area contributed by atoms with Gasteiger partial charge < -0.3 is 14.5 Å². The van der Waals surface area contributed by atoms with E-state index in [0.29, 0.717) is 24.7 Å². The summed E-state index contributed by atoms with van der Waals surface area (Å²) < 4.78 is 11.3. The summed E-state index contributed by atoms with van der Waals surface area (Å²) >= 11 is 6.11. The highest BCUT2D eigenvalue weighted by molar-refractivity contribution is 6.30. The predicted molar refractivity (Wildman–Crippen MR) is 91.5 cm³/mol. The van der Waals surface area contributed by atoms with Crippen molar-refractivity contribution >= 4 is 11.6 Å². The lowest BCUT2D eigenvalue weighted by molar-refractivity contribution is 0.302. The highest BCUT2D eigenvalue weighted by atomic mass is 35.5. The zero-order valence-electron chi connectivity index (χ0n) is 12.7. The molecule has 0 aliphatic heterocycles. The molecule has 3 rings (SSSR count). The van der Waals surface area contributed by atoms with Crippen molar-refractivity contribution < 1.29 is 9.15 Å². The van der Waals surface area contributed by atoms with Gasteiger partial charge in [0, 0.05) is 17.1 Å². The van der Waals surface area contributed by atoms with Crippen molar-refractivity contribution in [3.8, 4) is 5.75 Å². The largest absolute Gasteiger partial charge is 0.489 e. The van der Waals surface area contributed by atoms with Crippen LogP contribution in [0.15, 0.2) is 71.3 Å². The molecule has 1 heterocycles. The van der Waals surface area contributed by atoms with E-state index in [1.54, 1.807) is 6.26 Å². The molecule has 0 bridgehead atoms. The average molecular weight is 328 g/mol. The van der Waals surface area contributed by atoms with E-state index in [2.05, 4.69) is 5.32 Å². The molecule has 0 fully saturated rings. The fourth-order valence-electron chi connectivity index (χ4n) is 2.30. The third-order valence-electron chi connectivity index (χ3n) is 3.45. The van der Waals surface area contributed by atoms with Gasteiger partial charge in [-0.05, 0) is 35.9 Å². The minimum atomic E-state index is 0.535. The van der Waals surface area contributed by atoms with Crippen molar-refractivity contribution in [2.24, 2.45) is 0 Å². The Kier molecular flexibility index (Phi) is 5.35. The summed E-state index contributed by atoms with van der Waals surface area (Å²) in [5.74, 6) is 1.74. The normalized spacial score (nSPS) is 10.7. The lowest BCUT2D eigenvalue weighted by atomic mass is 10.2. The summed E-state index contributed by atoms with van der Waals surface area (Å²) in [5.41, 5.74) is 2.16. The smallest absolute Gasteiger partial charge is 0.124 e. The molecule has 3 nitrogen and oxygen atoms in total. The molecule has 118 valence electrons. The van der Waals surface area contributed by atoms with Crippen molar-refractivity contribution in [2.45, 2.75) is 19.7 Å². The van der Waals surface area contributed by atoms with Crippen molar-refractivity contribution in [3.05, 3.63) is 88.8 Å². The van der Waals surface area contributed by atoms with Crippen LogP contribution in [0.3, 0.4) is 0 Å². The Bertz CT molecular complexity index is 726. The number of ether oxygens (including phenoxy) is 1. The molecule has 0 saturated heterocycles. The standard InChI is InChI=1S/C19H18ClNO2/c20-17-8-9-19(23-14-15-5-2-1-3-6-15)16(11-17)12-21-13-18-7-4-10-22-18/h1-11,21H,12-14H2. The molecule has 0 aliphatic carbocycles. The van der Waals surface area contributed by atoms with E-state index in [1.165, 1.54) is 0 Å². The molecule has 4 heteroatoms. The third kappa shape index (κ3) is 4.62. The Labute approximate surface area is 140 Å². The van der Waals surface area contributed by atoms with Crippen LogP contribution in [-0.4, -0.2) is 0 Å². The molecule has 0 spiro atoms. The van der Waals surface area contributed by atoms with Gasteiger partial charge in [-0.3, -0.25) is 0 Å². The quantitative estimate of drug-likeness (QED) is 0.676. The van der Waals surface area contributed by atoms with Crippen molar-refractivity contribution in [3.63, 3.8) is 0 Å². The Morgan fingerprint density at radius 3 is 2.61 bits per heavy atom. The SMILES string of the molecule is Clc1ccc(OCc2ccccc2)c(CNCc2ccco2)c1. The van der Waals surface area contributed by atoms with Crippen LogP contribution in [0.1, 0.15) is 16.9 Å². The van der Waals surface area contributed by atoms with Gasteiger partial charge >= 0.3 is 0 Å². The van der Waals surface area contributed by atoms with E-state index in [1.807, 2.05) is 60.7 Å². The van der Waals surface area contributed by atoms with Gasteiger partial charge in [0.05, 0.1) is 12.8 Å². The van der Waals surface area contributed by atoms with Crippen LogP contribution < -0.4 is 10.1 Å². The summed E-state index contributed by atoms with van der Waals surface area (Å²) in [5, 5.41) is 4.04. The monoisotopic (exact) mass is 327 g/mol. The number of hydrogen-bond donors (Lipinski definition) is 1. The summed E-state index contributed by atoms with van der Waals surface area (Å²) in [6.45, 7) is 1.86. The van der Waals surface area contributed by atoms with E-state index in [9.17, 15) is 0 Å². The van der Waals surface area contributed by atoms with Crippen molar-refractivity contribution in [1.29, 1.82) is 0 Å². The molecule has 1 N–H and O–H groups in total. The van der Waals surface area contributed by atoms with E-state index in [4.69, 9.17) is 20.8 Å². The zero-order chi connectivity index (χ0) is 15.9. The first kappa shape index (κ1) is 15.7. The van der Waals surface area contributed by atoms with Crippen LogP contribution in [0.4, 0.5) is 0 Å². The van der Waals surface area contributed by atoms with E-state index >= 15 is 0 Å². The van der Waals surface area contributed by atoms with E-state index < -0.39 is 0 Å². The van der Waals surface area contributed by atoms with Crippen LogP contribution in [0.5, 0.6) is 5.75 Å². The van der Waals surface area contributed by atoms with Gasteiger partial charge in [-0.1, -0.05) is 41.9 Å². The molecule has 23 heavy (non-hydrogen) atoms. The van der Waals surface area contributed by atoms with Crippen LogP contribution >= 0.6 is 11.6 Å². The lowest BCUT2D eigenvalue weighted by Crippen LogP contribution is -2.13. The molecule has 0 unspecified atom stereocenters. The second-order valence-electron chi connectivity index (χ2n) is 5.21. The van der Waals surface area contributed by atoms with Gasteiger partial charge in [0.2, 0.25) is 0 Å². The number of rotatable bonds is 7. The molecule has 3 aromatic rings. The first-order valence-corrected chi connectivity index (χ1v) is 7.87. The van der Waals surface area contributed by atoms with Gasteiger partial charge in [0.15, 0.2) is 0 Å². The summed E-state index contributed by atoms with van der Waals surface area (Å²) in [6, 6.07) is 19.6. The molecule has 1 aromatic heterocycles. The minimum absolute atomic E-state index is 0.535. The maximum atomic E-state index is 6.11. The molecular formula is C19H18ClNO2. The van der Waals surface area contributed by atoms with Crippen LogP contribution in [0, 0.1) is 0 Å². The molecular weight excluding hydrogens is 310 g/mol. The fourth-order valence-corrected chi connectivity index (χ4v) is 2.49. The molecule has 2 aromatic carbocycles. The number of furan rings is 1. The molecule has 0 aliphatic rings. The second kappa shape index (κ2) is 7.86. The Morgan fingerprint density at radius 2 is 1.83 bits per heavy atom.